The number of hydrogen-bond acceptors (Lipinski definition) is 17. The molecule has 0 aromatic heterocycles. The fourth-order valence-corrected chi connectivity index (χ4v) is 10.9. The van der Waals surface area contributed by atoms with Crippen molar-refractivity contribution in [3.63, 3.8) is 0 Å². The molecule has 2 saturated heterocycles. The molecule has 2 heterocycles. The van der Waals surface area contributed by atoms with Gasteiger partial charge < -0.3 is 55.9 Å². The highest BCUT2D eigenvalue weighted by molar-refractivity contribution is 6.25. The predicted molar refractivity (Wildman–Crippen MR) is 347 cm³/mol. The van der Waals surface area contributed by atoms with Crippen LogP contribution < -0.4 is 16.4 Å². The average molecular weight is 1300 g/mol. The van der Waals surface area contributed by atoms with Crippen LogP contribution in [-0.4, -0.2) is 148 Å². The molecule has 0 spiro atoms. The van der Waals surface area contributed by atoms with Crippen molar-refractivity contribution in [3.05, 3.63) is 130 Å². The van der Waals surface area contributed by atoms with E-state index in [1.165, 1.54) is 38.5 Å². The summed E-state index contributed by atoms with van der Waals surface area (Å²) in [4.78, 5) is 124. The third kappa shape index (κ3) is 23.6. The number of amides is 4. The number of likely N-dealkylation sites (tertiary alicyclic amines) is 1. The van der Waals surface area contributed by atoms with Gasteiger partial charge in [-0.05, 0) is 126 Å². The van der Waals surface area contributed by atoms with Crippen molar-refractivity contribution >= 4 is 71.9 Å². The zero-order chi connectivity index (χ0) is 68.9. The number of carbonyl (C=O) groups excluding carboxylic acids is 10. The molecule has 4 unspecified atom stereocenters. The number of ether oxygens (including phenoxy) is 6. The van der Waals surface area contributed by atoms with Crippen molar-refractivity contribution in [2.75, 3.05) is 13.2 Å². The molecule has 24 heteroatoms. The van der Waals surface area contributed by atoms with Crippen LogP contribution in [0.1, 0.15) is 179 Å². The van der Waals surface area contributed by atoms with Gasteiger partial charge in [0.25, 0.3) is 0 Å². The molecule has 94 heavy (non-hydrogen) atoms. The molecule has 4 aromatic rings. The molecule has 504 valence electrons. The zero-order valence-corrected chi connectivity index (χ0v) is 54.8. The van der Waals surface area contributed by atoms with E-state index < -0.39 is 66.0 Å². The fraction of sp³-hybridized carbons (Fsp3) is 0.486. The number of nitrogens with two attached hydrogens (primary N) is 1. The largest absolute Gasteiger partial charge is 0.462 e. The second-order valence-electron chi connectivity index (χ2n) is 24.0. The number of Topliss-reactive ketones (excluding diaryl/α,β-unsaturated/α-hetero) is 2. The average Bonchev–Trinajstić information content (AvgIpc) is 1.63. The van der Waals surface area contributed by atoms with Crippen LogP contribution in [0, 0.1) is 0 Å². The smallest absolute Gasteiger partial charge is 0.417 e. The maximum atomic E-state index is 12.7. The lowest BCUT2D eigenvalue weighted by Crippen LogP contribution is -2.44. The van der Waals surface area contributed by atoms with E-state index in [2.05, 4.69) is 32.3 Å². The Morgan fingerprint density at radius 2 is 0.957 bits per heavy atom. The molecular formula is C70H88N8O16. The van der Waals surface area contributed by atoms with Gasteiger partial charge in [0.2, 0.25) is 23.4 Å². The Labute approximate surface area is 548 Å². The van der Waals surface area contributed by atoms with Gasteiger partial charge in [-0.2, -0.15) is 9.58 Å². The number of benzene rings is 4. The number of hydrogen-bond donors (Lipinski definition) is 3. The summed E-state index contributed by atoms with van der Waals surface area (Å²) in [6, 6.07) is 28.8. The number of nitrogens with one attached hydrogen (secondary N) is 2. The standard InChI is InChI=1S/C24H25N3O5.C23H23NO5.C9H15N3O3.C8H13NO3.C6H12/c1-15(2)32-23(29)22(12-11-16(28)13-26-25)27-24(30)31-14-21-19-9-5-3-7-17(19)18-8-4-6-10-20(18)21;1-14(2)29-22(26)20-11-12-21(25)24(20)23(27)28-13-19-17-9-5-3-7-15(17)16-8-4-6-10-18(16)19;1-6(2)15-9(14)8(10)4-3-7(13)5-12-11;1-5(2)12-8(11)6-3-4-7(10)9-6;1-2-4-6-5-3-1/h3-10,13,15,21-22H,11-12,14H2,1-2H3,(H,27,30);3-10,14,19-20H,11-13H2,1-2H3;5-6,8H,3-4,10H2,1-2H3;5-6H,3-4H2,1-2H3,(H,9,10);1-6H2. The van der Waals surface area contributed by atoms with Crippen molar-refractivity contribution in [2.24, 2.45) is 5.73 Å². The Morgan fingerprint density at radius 1 is 0.553 bits per heavy atom. The topological polar surface area (TPSA) is 352 Å². The number of nitrogens with zero attached hydrogens (tertiary/aromatic N) is 5. The van der Waals surface area contributed by atoms with Gasteiger partial charge in [-0.1, -0.05) is 136 Å². The van der Waals surface area contributed by atoms with Gasteiger partial charge in [-0.3, -0.25) is 24.0 Å². The lowest BCUT2D eigenvalue weighted by molar-refractivity contribution is -0.154. The number of ketones is 2. The van der Waals surface area contributed by atoms with Crippen molar-refractivity contribution in [1.82, 2.24) is 15.5 Å². The van der Waals surface area contributed by atoms with Crippen LogP contribution in [0.3, 0.4) is 0 Å². The molecule has 4 N–H and O–H groups in total. The number of alkyl carbamates (subject to hydrolysis) is 1. The number of fused-ring (bicyclic) bond motifs is 6. The van der Waals surface area contributed by atoms with Gasteiger partial charge in [-0.25, -0.2) is 28.9 Å². The molecule has 4 atom stereocenters. The third-order valence-corrected chi connectivity index (χ3v) is 15.2. The van der Waals surface area contributed by atoms with Crippen molar-refractivity contribution < 1.29 is 85.9 Å². The summed E-state index contributed by atoms with van der Waals surface area (Å²) in [7, 11) is 0. The summed E-state index contributed by atoms with van der Waals surface area (Å²) in [6.45, 7) is 14.0. The Hall–Kier alpha value is -9.50. The van der Waals surface area contributed by atoms with Gasteiger partial charge in [0.15, 0.2) is 0 Å². The number of esters is 4. The molecule has 4 amide bonds. The Balaban J connectivity index is 0.000000234. The van der Waals surface area contributed by atoms with E-state index in [1.54, 1.807) is 55.4 Å². The molecule has 2 aliphatic heterocycles. The van der Waals surface area contributed by atoms with E-state index in [9.17, 15) is 47.9 Å². The second-order valence-corrected chi connectivity index (χ2v) is 24.0. The quantitative estimate of drug-likeness (QED) is 0.0229. The number of imide groups is 1. The Kier molecular flexibility index (Phi) is 30.8. The molecule has 5 aliphatic rings. The highest BCUT2D eigenvalue weighted by Crippen LogP contribution is 2.46. The zero-order valence-electron chi connectivity index (χ0n) is 54.8. The van der Waals surface area contributed by atoms with Crippen molar-refractivity contribution in [1.29, 1.82) is 0 Å². The van der Waals surface area contributed by atoms with E-state index in [1.807, 2.05) is 84.9 Å². The lowest BCUT2D eigenvalue weighted by Gasteiger charge is -2.23. The van der Waals surface area contributed by atoms with Crippen LogP contribution in [-0.2, 0) is 66.8 Å². The summed E-state index contributed by atoms with van der Waals surface area (Å²) in [5.74, 6) is -3.65. The van der Waals surface area contributed by atoms with Crippen molar-refractivity contribution in [3.8, 4) is 22.3 Å². The van der Waals surface area contributed by atoms with Gasteiger partial charge in [0, 0.05) is 37.5 Å². The highest BCUT2D eigenvalue weighted by atomic mass is 16.6. The van der Waals surface area contributed by atoms with Crippen LogP contribution in [0.25, 0.3) is 33.3 Å². The molecule has 0 radical (unpaired) electrons. The van der Waals surface area contributed by atoms with E-state index in [-0.39, 0.29) is 106 Å². The summed E-state index contributed by atoms with van der Waals surface area (Å²) in [5, 5.41) is 5.04. The first-order valence-corrected chi connectivity index (χ1v) is 32.0. The molecule has 3 aliphatic carbocycles. The summed E-state index contributed by atoms with van der Waals surface area (Å²) in [5.41, 5.74) is 30.8. The molecule has 9 rings (SSSR count). The predicted octanol–water partition coefficient (Wildman–Crippen LogP) is 9.85. The molecule has 24 nitrogen and oxygen atoms in total. The molecule has 1 saturated carbocycles. The Morgan fingerprint density at radius 3 is 1.37 bits per heavy atom. The monoisotopic (exact) mass is 1300 g/mol. The maximum absolute atomic E-state index is 12.7. The number of carbonyl (C=O) groups is 10. The normalized spacial score (nSPS) is 16.2. The van der Waals surface area contributed by atoms with Crippen molar-refractivity contribution in [2.45, 2.75) is 206 Å². The summed E-state index contributed by atoms with van der Waals surface area (Å²) in [6.07, 6.45) is 9.40. The maximum Gasteiger partial charge on any atom is 0.417 e. The van der Waals surface area contributed by atoms with Gasteiger partial charge in [0.05, 0.1) is 24.4 Å². The summed E-state index contributed by atoms with van der Waals surface area (Å²) < 4.78 is 31.1. The molecule has 4 aromatic carbocycles. The summed E-state index contributed by atoms with van der Waals surface area (Å²) >= 11 is 0. The van der Waals surface area contributed by atoms with Crippen LogP contribution in [0.4, 0.5) is 9.59 Å². The first kappa shape index (κ1) is 75.2. The van der Waals surface area contributed by atoms with Crippen LogP contribution in [0.5, 0.6) is 0 Å². The fourth-order valence-electron chi connectivity index (χ4n) is 10.9. The first-order valence-electron chi connectivity index (χ1n) is 32.0. The van der Waals surface area contributed by atoms with Crippen LogP contribution in [0.15, 0.2) is 97.1 Å². The highest BCUT2D eigenvalue weighted by Gasteiger charge is 2.43. The van der Waals surface area contributed by atoms with E-state index in [0.29, 0.717) is 12.8 Å². The van der Waals surface area contributed by atoms with Gasteiger partial charge in [-0.15, -0.1) is 0 Å². The van der Waals surface area contributed by atoms with Crippen LogP contribution in [0.2, 0.25) is 0 Å². The van der Waals surface area contributed by atoms with E-state index in [0.717, 1.165) is 61.8 Å². The third-order valence-electron chi connectivity index (χ3n) is 15.2. The Bertz CT molecular complexity index is 3280. The van der Waals surface area contributed by atoms with Gasteiger partial charge >= 0.3 is 48.5 Å². The van der Waals surface area contributed by atoms with Crippen LogP contribution >= 0.6 is 0 Å². The minimum absolute atomic E-state index is 0.0133. The SMILES string of the molecule is C1CCCCC1.CC(C)OC(=O)C(CCC(=O)C=[N+]=[N-])NC(=O)OCC1c2ccccc2-c2ccccc21.CC(C)OC(=O)C(N)CCC(=O)C=[N+]=[N-].CC(C)OC(=O)C1CCC(=O)N1.CC(C)OC(=O)C1CCC(=O)N1C(=O)OCC1c2ccccc2-c2ccccc21. The first-order chi connectivity index (χ1) is 44.9. The minimum Gasteiger partial charge on any atom is -0.462 e. The molecule has 0 bridgehead atoms. The minimum atomic E-state index is -1.07. The van der Waals surface area contributed by atoms with E-state index >= 15 is 0 Å². The number of rotatable bonds is 21. The van der Waals surface area contributed by atoms with E-state index in [4.69, 9.17) is 45.2 Å². The lowest BCUT2D eigenvalue weighted by atomic mass is 9.98. The molecular weight excluding hydrogens is 1210 g/mol. The second kappa shape index (κ2) is 38.5. The van der Waals surface area contributed by atoms with Gasteiger partial charge in [0.1, 0.15) is 37.4 Å². The molecule has 3 fully saturated rings.